The van der Waals surface area contributed by atoms with Crippen LogP contribution < -0.4 is 20.7 Å². The molecular formula is C27H37N5O5. The topological polar surface area (TPSA) is 123 Å². The number of nitrogens with zero attached hydrogens (tertiary/aromatic N) is 2. The van der Waals surface area contributed by atoms with Gasteiger partial charge in [-0.25, -0.2) is 9.59 Å². The van der Waals surface area contributed by atoms with Gasteiger partial charge in [-0.1, -0.05) is 25.1 Å². The predicted octanol–water partition coefficient (Wildman–Crippen LogP) is 3.60. The van der Waals surface area contributed by atoms with E-state index in [1.165, 1.54) is 0 Å². The fourth-order valence-electron chi connectivity index (χ4n) is 4.04. The number of hydrogen-bond donors (Lipinski definition) is 4. The number of carbonyl (C=O) groups excluding carboxylic acids is 3. The first-order valence-electron chi connectivity index (χ1n) is 12.5. The Morgan fingerprint density at radius 3 is 2.43 bits per heavy atom. The molecule has 3 rings (SSSR count). The zero-order chi connectivity index (χ0) is 27.1. The Morgan fingerprint density at radius 1 is 1.11 bits per heavy atom. The number of fused-ring (bicyclic) bond motifs is 1. The molecule has 0 aromatic heterocycles. The smallest absolute Gasteiger partial charge is 0.323 e. The first-order valence-corrected chi connectivity index (χ1v) is 12.5. The lowest BCUT2D eigenvalue weighted by Crippen LogP contribution is -2.51. The van der Waals surface area contributed by atoms with Crippen molar-refractivity contribution in [2.24, 2.45) is 5.92 Å². The molecule has 5 amide bonds. The van der Waals surface area contributed by atoms with E-state index in [-0.39, 0.29) is 36.1 Å². The first kappa shape index (κ1) is 27.8. The van der Waals surface area contributed by atoms with Gasteiger partial charge in [-0.05, 0) is 51.1 Å². The van der Waals surface area contributed by atoms with Gasteiger partial charge < -0.3 is 35.6 Å². The van der Waals surface area contributed by atoms with Crippen LogP contribution in [0.3, 0.4) is 0 Å². The highest BCUT2D eigenvalue weighted by Crippen LogP contribution is 2.30. The Bertz CT molecular complexity index is 1090. The van der Waals surface area contributed by atoms with Crippen molar-refractivity contribution in [3.63, 3.8) is 0 Å². The normalized spacial score (nSPS) is 18.1. The van der Waals surface area contributed by atoms with Crippen LogP contribution in [0.15, 0.2) is 48.5 Å². The summed E-state index contributed by atoms with van der Waals surface area (Å²) in [6.45, 7) is 7.94. The van der Waals surface area contributed by atoms with Crippen LogP contribution in [0.1, 0.15) is 38.1 Å². The molecule has 0 bridgehead atoms. The molecule has 0 unspecified atom stereocenters. The lowest BCUT2D eigenvalue weighted by atomic mass is 9.99. The molecule has 10 nitrogen and oxygen atoms in total. The number of aliphatic hydroxyl groups is 1. The van der Waals surface area contributed by atoms with Crippen LogP contribution >= 0.6 is 0 Å². The summed E-state index contributed by atoms with van der Waals surface area (Å²) in [6, 6.07) is 12.8. The predicted molar refractivity (Wildman–Crippen MR) is 143 cm³/mol. The Hall–Kier alpha value is -3.79. The third-order valence-corrected chi connectivity index (χ3v) is 6.17. The summed E-state index contributed by atoms with van der Waals surface area (Å²) < 4.78 is 6.30. The second-order valence-corrected chi connectivity index (χ2v) is 9.76. The van der Waals surface area contributed by atoms with Crippen LogP contribution in [0.5, 0.6) is 5.75 Å². The first-order chi connectivity index (χ1) is 17.6. The molecule has 0 spiro atoms. The molecular weight excluding hydrogens is 474 g/mol. The van der Waals surface area contributed by atoms with Crippen molar-refractivity contribution in [3.8, 4) is 5.75 Å². The Balaban J connectivity index is 1.87. The highest BCUT2D eigenvalue weighted by molar-refractivity contribution is 6.02. The van der Waals surface area contributed by atoms with Crippen molar-refractivity contribution in [2.75, 3.05) is 37.4 Å². The zero-order valence-electron chi connectivity index (χ0n) is 22.0. The van der Waals surface area contributed by atoms with E-state index in [0.717, 1.165) is 0 Å². The molecule has 0 saturated heterocycles. The third kappa shape index (κ3) is 7.36. The van der Waals surface area contributed by atoms with Crippen molar-refractivity contribution in [2.45, 2.75) is 45.9 Å². The largest absolute Gasteiger partial charge is 0.487 e. The van der Waals surface area contributed by atoms with E-state index in [2.05, 4.69) is 16.0 Å². The van der Waals surface area contributed by atoms with E-state index in [4.69, 9.17) is 4.74 Å². The number of aliphatic hydroxyl groups excluding tert-OH is 1. The van der Waals surface area contributed by atoms with Crippen LogP contribution in [0.4, 0.5) is 21.0 Å². The van der Waals surface area contributed by atoms with Gasteiger partial charge in [0, 0.05) is 36.9 Å². The van der Waals surface area contributed by atoms with E-state index in [9.17, 15) is 19.5 Å². The fourth-order valence-corrected chi connectivity index (χ4v) is 4.04. The molecule has 37 heavy (non-hydrogen) atoms. The average Bonchev–Trinajstić information content (AvgIpc) is 2.86. The summed E-state index contributed by atoms with van der Waals surface area (Å²) in [4.78, 5) is 41.7. The van der Waals surface area contributed by atoms with Crippen LogP contribution in [0, 0.1) is 5.92 Å². The minimum atomic E-state index is -0.449. The SMILES string of the molecule is CC(C)NC(=O)N(C)C[C@H]1Oc2ccc(NC(=O)Nc3ccccc3)cc2C(=O)N([C@H](C)CO)C[C@H]1C. The monoisotopic (exact) mass is 511 g/mol. The van der Waals surface area contributed by atoms with E-state index in [0.29, 0.717) is 30.2 Å². The summed E-state index contributed by atoms with van der Waals surface area (Å²) in [5, 5.41) is 18.2. The summed E-state index contributed by atoms with van der Waals surface area (Å²) in [7, 11) is 1.70. The van der Waals surface area contributed by atoms with Gasteiger partial charge in [0.25, 0.3) is 5.91 Å². The van der Waals surface area contributed by atoms with Gasteiger partial charge in [0.05, 0.1) is 24.8 Å². The van der Waals surface area contributed by atoms with Gasteiger partial charge in [-0.2, -0.15) is 0 Å². The number of urea groups is 2. The van der Waals surface area contributed by atoms with Crippen molar-refractivity contribution in [1.29, 1.82) is 0 Å². The summed E-state index contributed by atoms with van der Waals surface area (Å²) in [5.74, 6) is -0.0851. The van der Waals surface area contributed by atoms with Gasteiger partial charge in [0.15, 0.2) is 0 Å². The quantitative estimate of drug-likeness (QED) is 0.452. The molecule has 2 aromatic rings. The number of ether oxygens (including phenoxy) is 1. The molecule has 4 N–H and O–H groups in total. The number of rotatable bonds is 7. The van der Waals surface area contributed by atoms with E-state index in [1.54, 1.807) is 54.1 Å². The van der Waals surface area contributed by atoms with E-state index >= 15 is 0 Å². The standard InChI is InChI=1S/C27H37N5O5/c1-17(2)28-27(36)31(5)15-24-18(3)14-32(19(4)16-33)25(34)22-13-21(11-12-23(22)37-24)30-26(35)29-20-9-7-6-8-10-20/h6-13,17-19,24,33H,14-16H2,1-5H3,(H,28,36)(H2,29,30,35)/t18-,19-,24-/m1/s1. The fraction of sp³-hybridized carbons (Fsp3) is 0.444. The number of hydrogen-bond acceptors (Lipinski definition) is 5. The molecule has 0 fully saturated rings. The number of nitrogens with one attached hydrogen (secondary N) is 3. The lowest BCUT2D eigenvalue weighted by Gasteiger charge is -2.38. The molecule has 2 aromatic carbocycles. The van der Waals surface area contributed by atoms with Crippen LogP contribution in [-0.2, 0) is 0 Å². The van der Waals surface area contributed by atoms with Crippen molar-refractivity contribution < 1.29 is 24.2 Å². The zero-order valence-corrected chi connectivity index (χ0v) is 22.0. The number of anilines is 2. The minimum Gasteiger partial charge on any atom is -0.487 e. The molecule has 3 atom stereocenters. The van der Waals surface area contributed by atoms with Crippen molar-refractivity contribution in [1.82, 2.24) is 15.1 Å². The van der Waals surface area contributed by atoms with Gasteiger partial charge in [-0.3, -0.25) is 4.79 Å². The number of likely N-dealkylation sites (N-methyl/N-ethyl adjacent to an activating group) is 1. The molecule has 1 aliphatic heterocycles. The number of benzene rings is 2. The highest BCUT2D eigenvalue weighted by Gasteiger charge is 2.34. The van der Waals surface area contributed by atoms with E-state index in [1.807, 2.05) is 39.0 Å². The van der Waals surface area contributed by atoms with Crippen molar-refractivity contribution in [3.05, 3.63) is 54.1 Å². The van der Waals surface area contributed by atoms with Gasteiger partial charge in [0.1, 0.15) is 11.9 Å². The molecule has 10 heteroatoms. The van der Waals surface area contributed by atoms with Crippen LogP contribution in [0.2, 0.25) is 0 Å². The summed E-state index contributed by atoms with van der Waals surface area (Å²) >= 11 is 0. The second kappa shape index (κ2) is 12.4. The third-order valence-electron chi connectivity index (χ3n) is 6.17. The number of amides is 5. The summed E-state index contributed by atoms with van der Waals surface area (Å²) in [6.07, 6.45) is -0.414. The summed E-state index contributed by atoms with van der Waals surface area (Å²) in [5.41, 5.74) is 1.32. The maximum absolute atomic E-state index is 13.6. The average molecular weight is 512 g/mol. The lowest BCUT2D eigenvalue weighted by molar-refractivity contribution is 0.0366. The Kier molecular flexibility index (Phi) is 9.35. The molecule has 0 radical (unpaired) electrons. The number of carbonyl (C=O) groups is 3. The van der Waals surface area contributed by atoms with Crippen LogP contribution in [-0.4, -0.2) is 77.8 Å². The van der Waals surface area contributed by atoms with Crippen molar-refractivity contribution >= 4 is 29.3 Å². The highest BCUT2D eigenvalue weighted by atomic mass is 16.5. The van der Waals surface area contributed by atoms with Gasteiger partial charge >= 0.3 is 12.1 Å². The molecule has 0 saturated carbocycles. The van der Waals surface area contributed by atoms with Gasteiger partial charge in [0.2, 0.25) is 0 Å². The molecule has 200 valence electrons. The molecule has 1 aliphatic rings. The minimum absolute atomic E-state index is 0.00474. The Labute approximate surface area is 218 Å². The Morgan fingerprint density at radius 2 is 1.78 bits per heavy atom. The van der Waals surface area contributed by atoms with E-state index < -0.39 is 18.2 Å². The maximum atomic E-state index is 13.6. The number of para-hydroxylation sites is 1. The molecule has 0 aliphatic carbocycles. The molecule has 1 heterocycles. The van der Waals surface area contributed by atoms with Crippen LogP contribution in [0.25, 0.3) is 0 Å². The van der Waals surface area contributed by atoms with Gasteiger partial charge in [-0.15, -0.1) is 0 Å². The maximum Gasteiger partial charge on any atom is 0.323 e. The second-order valence-electron chi connectivity index (χ2n) is 9.76.